The van der Waals surface area contributed by atoms with E-state index in [1.807, 2.05) is 0 Å². The number of aliphatic hydroxyl groups is 1. The molecule has 0 saturated carbocycles. The summed E-state index contributed by atoms with van der Waals surface area (Å²) in [6.07, 6.45) is -0.820. The summed E-state index contributed by atoms with van der Waals surface area (Å²) in [4.78, 5) is 15.2. The number of likely N-dealkylation sites (N-methyl/N-ethyl adjacent to an activating group) is 1. The largest absolute Gasteiger partial charge is 0.497 e. The number of rotatable bonds is 11. The second kappa shape index (κ2) is 13.4. The average Bonchev–Trinajstić information content (AvgIpc) is 3.02. The van der Waals surface area contributed by atoms with Gasteiger partial charge in [0, 0.05) is 19.5 Å². The number of nitrogens with zero attached hydrogens (tertiary/aromatic N) is 2. The van der Waals surface area contributed by atoms with Crippen LogP contribution in [0.5, 0.6) is 17.2 Å². The van der Waals surface area contributed by atoms with Crippen LogP contribution in [0.25, 0.3) is 0 Å². The van der Waals surface area contributed by atoms with E-state index in [4.69, 9.17) is 14.2 Å². The Kier molecular flexibility index (Phi) is 10.1. The van der Waals surface area contributed by atoms with E-state index in [-0.39, 0.29) is 46.5 Å². The molecule has 1 heterocycles. The minimum absolute atomic E-state index is 0.00281. The zero-order valence-electron chi connectivity index (χ0n) is 25.1. The van der Waals surface area contributed by atoms with Gasteiger partial charge in [-0.1, -0.05) is 13.0 Å². The van der Waals surface area contributed by atoms with Crippen molar-refractivity contribution in [3.63, 3.8) is 0 Å². The number of fused-ring (bicyclic) bond motifs is 1. The van der Waals surface area contributed by atoms with Crippen LogP contribution in [-0.2, 0) is 20.0 Å². The van der Waals surface area contributed by atoms with Crippen molar-refractivity contribution in [2.24, 2.45) is 5.92 Å². The van der Waals surface area contributed by atoms with Gasteiger partial charge in [-0.05, 0) is 67.6 Å². The van der Waals surface area contributed by atoms with E-state index >= 15 is 0 Å². The summed E-state index contributed by atoms with van der Waals surface area (Å²) in [5.74, 6) is 0.0489. The molecule has 3 atom stereocenters. The van der Waals surface area contributed by atoms with Crippen molar-refractivity contribution < 1.29 is 40.9 Å². The summed E-state index contributed by atoms with van der Waals surface area (Å²) < 4.78 is 74.0. The highest BCUT2D eigenvalue weighted by atomic mass is 32.2. The fourth-order valence-electron chi connectivity index (χ4n) is 4.78. The van der Waals surface area contributed by atoms with Crippen LogP contribution in [0.15, 0.2) is 76.5 Å². The van der Waals surface area contributed by atoms with Crippen molar-refractivity contribution in [1.82, 2.24) is 9.21 Å². The monoisotopic (exact) mass is 647 g/mol. The highest BCUT2D eigenvalue weighted by Crippen LogP contribution is 2.36. The highest BCUT2D eigenvalue weighted by molar-refractivity contribution is 7.92. The van der Waals surface area contributed by atoms with Crippen LogP contribution in [0.3, 0.4) is 0 Å². The molecule has 0 radical (unpaired) electrons. The number of carbonyl (C=O) groups excluding carboxylic acids is 1. The summed E-state index contributed by atoms with van der Waals surface area (Å²) in [5.41, 5.74) is 0.0702. The van der Waals surface area contributed by atoms with Crippen LogP contribution in [0.4, 0.5) is 5.69 Å². The molecule has 0 fully saturated rings. The molecule has 0 aliphatic carbocycles. The first kappa shape index (κ1) is 33.1. The van der Waals surface area contributed by atoms with Crippen molar-refractivity contribution in [3.05, 3.63) is 72.3 Å². The first-order chi connectivity index (χ1) is 20.8. The third-order valence-electron chi connectivity index (χ3n) is 7.51. The molecule has 1 aliphatic heterocycles. The lowest BCUT2D eigenvalue weighted by atomic mass is 9.99. The SMILES string of the molecule is COc1ccc(S(=O)(=O)Nc2cccc3c2O[C@H](CN(C)S(=O)(=O)c2ccc(OC)cc2)[C@@H](C)CN([C@@H](C)CO)C3=O)cc1. The minimum Gasteiger partial charge on any atom is -0.497 e. The van der Waals surface area contributed by atoms with Crippen LogP contribution >= 0.6 is 0 Å². The Bertz CT molecular complexity index is 1680. The van der Waals surface area contributed by atoms with Gasteiger partial charge in [0.05, 0.1) is 54.5 Å². The molecule has 0 bridgehead atoms. The summed E-state index contributed by atoms with van der Waals surface area (Å²) in [7, 11) is -3.71. The van der Waals surface area contributed by atoms with Crippen LogP contribution in [0.2, 0.25) is 0 Å². The Labute approximate surface area is 258 Å². The second-order valence-corrected chi connectivity index (χ2v) is 14.3. The molecule has 238 valence electrons. The van der Waals surface area contributed by atoms with E-state index in [1.54, 1.807) is 26.0 Å². The first-order valence-electron chi connectivity index (χ1n) is 13.8. The smallest absolute Gasteiger partial charge is 0.262 e. The number of nitrogens with one attached hydrogen (secondary N) is 1. The zero-order valence-corrected chi connectivity index (χ0v) is 26.8. The Morgan fingerprint density at radius 2 is 1.55 bits per heavy atom. The van der Waals surface area contributed by atoms with E-state index in [9.17, 15) is 26.7 Å². The Morgan fingerprint density at radius 1 is 0.977 bits per heavy atom. The van der Waals surface area contributed by atoms with Crippen molar-refractivity contribution in [1.29, 1.82) is 0 Å². The van der Waals surface area contributed by atoms with Gasteiger partial charge in [-0.3, -0.25) is 9.52 Å². The number of hydrogen-bond acceptors (Lipinski definition) is 9. The van der Waals surface area contributed by atoms with E-state index < -0.39 is 44.0 Å². The van der Waals surface area contributed by atoms with Gasteiger partial charge in [0.1, 0.15) is 17.6 Å². The molecule has 3 aromatic rings. The number of amides is 1. The van der Waals surface area contributed by atoms with Gasteiger partial charge in [0.2, 0.25) is 10.0 Å². The van der Waals surface area contributed by atoms with E-state index in [0.717, 1.165) is 4.31 Å². The van der Waals surface area contributed by atoms with Gasteiger partial charge in [0.25, 0.3) is 15.9 Å². The number of methoxy groups -OCH3 is 2. The number of aliphatic hydroxyl groups excluding tert-OH is 1. The molecule has 14 heteroatoms. The van der Waals surface area contributed by atoms with E-state index in [0.29, 0.717) is 11.5 Å². The van der Waals surface area contributed by atoms with Crippen molar-refractivity contribution >= 4 is 31.6 Å². The first-order valence-corrected chi connectivity index (χ1v) is 16.7. The molecular weight excluding hydrogens is 610 g/mol. The molecule has 0 saturated heterocycles. The maximum atomic E-state index is 13.7. The lowest BCUT2D eigenvalue weighted by molar-refractivity contribution is 0.0389. The third kappa shape index (κ3) is 6.93. The van der Waals surface area contributed by atoms with Gasteiger partial charge >= 0.3 is 0 Å². The van der Waals surface area contributed by atoms with Gasteiger partial charge in [-0.15, -0.1) is 0 Å². The Hall–Kier alpha value is -3.85. The van der Waals surface area contributed by atoms with Crippen LogP contribution in [-0.4, -0.2) is 90.2 Å². The predicted octanol–water partition coefficient (Wildman–Crippen LogP) is 3.05. The fraction of sp³-hybridized carbons (Fsp3) is 0.367. The van der Waals surface area contributed by atoms with Crippen LogP contribution in [0.1, 0.15) is 24.2 Å². The maximum Gasteiger partial charge on any atom is 0.262 e. The standard InChI is InChI=1S/C30H37N3O9S2/c1-20-17-33(21(2)19-34)30(35)26-7-6-8-27(31-43(36,37)24-13-9-22(40-4)10-14-24)29(26)42-28(20)18-32(3)44(38,39)25-15-11-23(41-5)12-16-25/h6-16,20-21,28,31,34H,17-19H2,1-5H3/t20-,21-,28+/m0/s1. The molecule has 0 unspecified atom stereocenters. The molecule has 44 heavy (non-hydrogen) atoms. The van der Waals surface area contributed by atoms with Crippen LogP contribution < -0.4 is 18.9 Å². The van der Waals surface area contributed by atoms with Crippen molar-refractivity contribution in [3.8, 4) is 17.2 Å². The number of hydrogen-bond donors (Lipinski definition) is 2. The third-order valence-corrected chi connectivity index (χ3v) is 10.7. The normalized spacial score (nSPS) is 18.1. The summed E-state index contributed by atoms with van der Waals surface area (Å²) in [6.45, 7) is 3.22. The fourth-order valence-corrected chi connectivity index (χ4v) is 7.02. The maximum absolute atomic E-state index is 13.7. The molecule has 2 N–H and O–H groups in total. The lowest BCUT2D eigenvalue weighted by Crippen LogP contribution is -2.50. The predicted molar refractivity (Wildman–Crippen MR) is 164 cm³/mol. The van der Waals surface area contributed by atoms with Crippen LogP contribution in [0, 0.1) is 5.92 Å². The summed E-state index contributed by atoms with van der Waals surface area (Å²) >= 11 is 0. The van der Waals surface area contributed by atoms with E-state index in [1.165, 1.54) is 80.8 Å². The lowest BCUT2D eigenvalue weighted by Gasteiger charge is -2.38. The molecule has 0 aromatic heterocycles. The quantitative estimate of drug-likeness (QED) is 0.320. The molecule has 0 spiro atoms. The number of para-hydroxylation sites is 1. The molecular formula is C30H37N3O9S2. The van der Waals surface area contributed by atoms with Gasteiger partial charge in [-0.2, -0.15) is 4.31 Å². The molecule has 12 nitrogen and oxygen atoms in total. The molecule has 1 aliphatic rings. The zero-order chi connectivity index (χ0) is 32.2. The number of carbonyl (C=O) groups is 1. The van der Waals surface area contributed by atoms with Crippen molar-refractivity contribution in [2.45, 2.75) is 35.8 Å². The van der Waals surface area contributed by atoms with Gasteiger partial charge in [-0.25, -0.2) is 16.8 Å². The van der Waals surface area contributed by atoms with Crippen molar-refractivity contribution in [2.75, 3.05) is 45.7 Å². The van der Waals surface area contributed by atoms with E-state index in [2.05, 4.69) is 4.72 Å². The molecule has 1 amide bonds. The average molecular weight is 648 g/mol. The number of benzene rings is 3. The number of sulfonamides is 2. The van der Waals surface area contributed by atoms with Gasteiger partial charge < -0.3 is 24.2 Å². The molecule has 3 aromatic carbocycles. The Balaban J connectivity index is 1.74. The highest BCUT2D eigenvalue weighted by Gasteiger charge is 2.36. The summed E-state index contributed by atoms with van der Waals surface area (Å²) in [5, 5.41) is 9.93. The summed E-state index contributed by atoms with van der Waals surface area (Å²) in [6, 6.07) is 15.7. The number of anilines is 1. The second-order valence-electron chi connectivity index (χ2n) is 10.5. The minimum atomic E-state index is -4.13. The topological polar surface area (TPSA) is 152 Å². The Morgan fingerprint density at radius 3 is 2.09 bits per heavy atom. The molecule has 4 rings (SSSR count). The number of ether oxygens (including phenoxy) is 3. The van der Waals surface area contributed by atoms with Gasteiger partial charge in [0.15, 0.2) is 5.75 Å².